The number of halogens is 3. The zero-order chi connectivity index (χ0) is 9.78. The van der Waals surface area contributed by atoms with Crippen LogP contribution in [0.1, 0.15) is 20.8 Å². The Bertz CT molecular complexity index is 189. The molecule has 0 radical (unpaired) electrons. The van der Waals surface area contributed by atoms with Crippen molar-refractivity contribution in [3.05, 3.63) is 12.2 Å². The first-order valence-electron chi connectivity index (χ1n) is 3.65. The Labute approximate surface area is 70.0 Å². The second-order valence-corrected chi connectivity index (χ2v) is 2.61. The van der Waals surface area contributed by atoms with Gasteiger partial charge in [-0.1, -0.05) is 6.08 Å². The summed E-state index contributed by atoms with van der Waals surface area (Å²) in [7, 11) is 0. The third kappa shape index (κ3) is 4.16. The molecule has 0 bridgehead atoms. The molecule has 0 unspecified atom stereocenters. The summed E-state index contributed by atoms with van der Waals surface area (Å²) in [4.78, 5) is 3.44. The smallest absolute Gasteiger partial charge is 0.278 e. The maximum absolute atomic E-state index is 12.1. The molecule has 4 heteroatoms. The van der Waals surface area contributed by atoms with E-state index < -0.39 is 11.9 Å². The van der Waals surface area contributed by atoms with Crippen molar-refractivity contribution in [2.24, 2.45) is 4.99 Å². The van der Waals surface area contributed by atoms with Crippen LogP contribution in [0.3, 0.4) is 0 Å². The molecule has 0 amide bonds. The van der Waals surface area contributed by atoms with Gasteiger partial charge in [-0.25, -0.2) is 0 Å². The molecule has 0 spiro atoms. The summed E-state index contributed by atoms with van der Waals surface area (Å²) in [6, 6.07) is -0.335. The average Bonchev–Trinajstić information content (AvgIpc) is 1.83. The summed E-state index contributed by atoms with van der Waals surface area (Å²) in [6.45, 7) is 4.74. The standard InChI is InChI=1S/C8H12F3N/c1-4-5-7(8(9,10)11)12-6(2)3/h4-6H,1-3H3/b5-4-,12-7+. The highest BCUT2D eigenvalue weighted by atomic mass is 19.4. The Kier molecular flexibility index (Phi) is 4.00. The first kappa shape index (κ1) is 11.2. The lowest BCUT2D eigenvalue weighted by Crippen LogP contribution is -2.22. The minimum Gasteiger partial charge on any atom is -0.278 e. The highest BCUT2D eigenvalue weighted by molar-refractivity contribution is 5.99. The molecule has 0 heterocycles. The van der Waals surface area contributed by atoms with Gasteiger partial charge in [-0.3, -0.25) is 4.99 Å². The molecule has 0 aromatic heterocycles. The van der Waals surface area contributed by atoms with Gasteiger partial charge in [0.2, 0.25) is 0 Å². The summed E-state index contributed by atoms with van der Waals surface area (Å²) in [5.74, 6) is 0. The lowest BCUT2D eigenvalue weighted by atomic mass is 10.3. The lowest BCUT2D eigenvalue weighted by Gasteiger charge is -2.07. The summed E-state index contributed by atoms with van der Waals surface area (Å²) >= 11 is 0. The van der Waals surface area contributed by atoms with E-state index in [4.69, 9.17) is 0 Å². The van der Waals surface area contributed by atoms with Gasteiger partial charge >= 0.3 is 6.18 Å². The molecule has 0 aromatic carbocycles. The van der Waals surface area contributed by atoms with Crippen LogP contribution in [-0.4, -0.2) is 17.9 Å². The molecule has 0 atom stereocenters. The van der Waals surface area contributed by atoms with E-state index in [-0.39, 0.29) is 6.04 Å². The van der Waals surface area contributed by atoms with Crippen LogP contribution in [0.25, 0.3) is 0 Å². The van der Waals surface area contributed by atoms with Crippen molar-refractivity contribution in [2.75, 3.05) is 0 Å². The molecule has 12 heavy (non-hydrogen) atoms. The Hall–Kier alpha value is -0.800. The van der Waals surface area contributed by atoms with Crippen molar-refractivity contribution < 1.29 is 13.2 Å². The summed E-state index contributed by atoms with van der Waals surface area (Å²) in [5, 5.41) is 0. The maximum Gasteiger partial charge on any atom is 0.432 e. The molecule has 0 aliphatic carbocycles. The Balaban J connectivity index is 4.67. The Morgan fingerprint density at radius 2 is 1.83 bits per heavy atom. The van der Waals surface area contributed by atoms with Gasteiger partial charge in [-0.05, 0) is 26.8 Å². The fraction of sp³-hybridized carbons (Fsp3) is 0.625. The van der Waals surface area contributed by atoms with E-state index in [2.05, 4.69) is 4.99 Å². The quantitative estimate of drug-likeness (QED) is 0.578. The SMILES string of the molecule is C/C=C\C(=N/C(C)C)C(F)(F)F. The van der Waals surface area contributed by atoms with Crippen LogP contribution in [0, 0.1) is 0 Å². The van der Waals surface area contributed by atoms with Crippen LogP contribution < -0.4 is 0 Å². The number of hydrogen-bond donors (Lipinski definition) is 0. The highest BCUT2D eigenvalue weighted by Gasteiger charge is 2.33. The second-order valence-electron chi connectivity index (χ2n) is 2.61. The van der Waals surface area contributed by atoms with Crippen LogP contribution in [0.5, 0.6) is 0 Å². The van der Waals surface area contributed by atoms with Crippen LogP contribution >= 0.6 is 0 Å². The first-order chi connectivity index (χ1) is 5.38. The van der Waals surface area contributed by atoms with Crippen molar-refractivity contribution in [1.29, 1.82) is 0 Å². The van der Waals surface area contributed by atoms with E-state index in [1.807, 2.05) is 0 Å². The minimum atomic E-state index is -4.34. The zero-order valence-corrected chi connectivity index (χ0v) is 7.31. The molecule has 0 rings (SSSR count). The normalized spacial score (nSPS) is 14.8. The topological polar surface area (TPSA) is 12.4 Å². The predicted octanol–water partition coefficient (Wildman–Crippen LogP) is 2.97. The van der Waals surface area contributed by atoms with E-state index >= 15 is 0 Å². The van der Waals surface area contributed by atoms with Crippen molar-refractivity contribution >= 4 is 5.71 Å². The number of alkyl halides is 3. The van der Waals surface area contributed by atoms with E-state index in [1.54, 1.807) is 13.8 Å². The number of nitrogens with zero attached hydrogens (tertiary/aromatic N) is 1. The van der Waals surface area contributed by atoms with Gasteiger partial charge in [-0.2, -0.15) is 13.2 Å². The van der Waals surface area contributed by atoms with E-state index in [9.17, 15) is 13.2 Å². The third-order valence-corrected chi connectivity index (χ3v) is 1.01. The van der Waals surface area contributed by atoms with Crippen molar-refractivity contribution in [3.63, 3.8) is 0 Å². The largest absolute Gasteiger partial charge is 0.432 e. The van der Waals surface area contributed by atoms with Crippen molar-refractivity contribution in [3.8, 4) is 0 Å². The fourth-order valence-corrected chi connectivity index (χ4v) is 0.647. The van der Waals surface area contributed by atoms with E-state index in [0.29, 0.717) is 0 Å². The molecule has 0 N–H and O–H groups in total. The third-order valence-electron chi connectivity index (χ3n) is 1.01. The fourth-order valence-electron chi connectivity index (χ4n) is 0.647. The van der Waals surface area contributed by atoms with Crippen LogP contribution in [0.2, 0.25) is 0 Å². The number of rotatable bonds is 2. The summed E-state index contributed by atoms with van der Waals surface area (Å²) in [5.41, 5.74) is -0.819. The maximum atomic E-state index is 12.1. The molecule has 0 aliphatic rings. The van der Waals surface area contributed by atoms with Gasteiger partial charge in [0.15, 0.2) is 0 Å². The van der Waals surface area contributed by atoms with Gasteiger partial charge in [0.05, 0.1) is 0 Å². The zero-order valence-electron chi connectivity index (χ0n) is 7.31. The lowest BCUT2D eigenvalue weighted by molar-refractivity contribution is -0.0580. The number of allylic oxidation sites excluding steroid dienone is 2. The Morgan fingerprint density at radius 1 is 1.33 bits per heavy atom. The molecule has 0 aliphatic heterocycles. The number of aliphatic imine (C=N–C) groups is 1. The molecule has 0 saturated carbocycles. The highest BCUT2D eigenvalue weighted by Crippen LogP contribution is 2.18. The van der Waals surface area contributed by atoms with Gasteiger partial charge < -0.3 is 0 Å². The molecular formula is C8H12F3N. The molecule has 70 valence electrons. The molecule has 0 aromatic rings. The minimum absolute atomic E-state index is 0.335. The van der Waals surface area contributed by atoms with E-state index in [0.717, 1.165) is 6.08 Å². The van der Waals surface area contributed by atoms with Gasteiger partial charge in [0.1, 0.15) is 5.71 Å². The molecule has 1 nitrogen and oxygen atoms in total. The van der Waals surface area contributed by atoms with Crippen molar-refractivity contribution in [1.82, 2.24) is 0 Å². The first-order valence-corrected chi connectivity index (χ1v) is 3.65. The van der Waals surface area contributed by atoms with Gasteiger partial charge in [-0.15, -0.1) is 0 Å². The average molecular weight is 179 g/mol. The van der Waals surface area contributed by atoms with Crippen LogP contribution in [-0.2, 0) is 0 Å². The summed E-state index contributed by atoms with van der Waals surface area (Å²) < 4.78 is 36.3. The number of hydrogen-bond acceptors (Lipinski definition) is 1. The second kappa shape index (κ2) is 4.28. The monoisotopic (exact) mass is 179 g/mol. The molecule has 0 fully saturated rings. The van der Waals surface area contributed by atoms with Crippen LogP contribution in [0.4, 0.5) is 13.2 Å². The predicted molar refractivity (Wildman–Crippen MR) is 43.4 cm³/mol. The van der Waals surface area contributed by atoms with Gasteiger partial charge in [0, 0.05) is 6.04 Å². The summed E-state index contributed by atoms with van der Waals surface area (Å²) in [6.07, 6.45) is -2.04. The Morgan fingerprint density at radius 3 is 2.08 bits per heavy atom. The van der Waals surface area contributed by atoms with Gasteiger partial charge in [0.25, 0.3) is 0 Å². The van der Waals surface area contributed by atoms with E-state index in [1.165, 1.54) is 13.0 Å². The molecular weight excluding hydrogens is 167 g/mol. The van der Waals surface area contributed by atoms with Crippen LogP contribution in [0.15, 0.2) is 17.1 Å². The molecule has 0 saturated heterocycles. The van der Waals surface area contributed by atoms with Crippen molar-refractivity contribution in [2.45, 2.75) is 33.0 Å².